The number of nitrogens with zero attached hydrogens (tertiary/aromatic N) is 1. The van der Waals surface area contributed by atoms with E-state index >= 15 is 0 Å². The summed E-state index contributed by atoms with van der Waals surface area (Å²) >= 11 is 1.17. The Morgan fingerprint density at radius 1 is 0.943 bits per heavy atom. The molecular weight excluding hydrogens is 476 g/mol. The molecule has 1 aromatic heterocycles. The van der Waals surface area contributed by atoms with E-state index in [1.54, 1.807) is 35.7 Å². The lowest BCUT2D eigenvalue weighted by Crippen LogP contribution is -2.22. The minimum atomic E-state index is -0.582. The van der Waals surface area contributed by atoms with E-state index in [-0.39, 0.29) is 22.7 Å². The third kappa shape index (κ3) is 5.79. The number of carbonyl (C=O) groups excluding carboxylic acids is 2. The second kappa shape index (κ2) is 10.7. The summed E-state index contributed by atoms with van der Waals surface area (Å²) in [7, 11) is 1.38. The third-order valence-electron chi connectivity index (χ3n) is 4.81. The number of halogens is 2. The molecule has 35 heavy (non-hydrogen) atoms. The molecule has 0 aliphatic heterocycles. The van der Waals surface area contributed by atoms with Crippen molar-refractivity contribution in [2.45, 2.75) is 0 Å². The molecule has 4 aromatic rings. The normalized spacial score (nSPS) is 10.5. The first-order valence-electron chi connectivity index (χ1n) is 10.3. The van der Waals surface area contributed by atoms with E-state index in [4.69, 9.17) is 9.47 Å². The van der Waals surface area contributed by atoms with Crippen LogP contribution in [0.4, 0.5) is 19.6 Å². The number of ether oxygens (including phenoxy) is 2. The van der Waals surface area contributed by atoms with Gasteiger partial charge >= 0.3 is 0 Å². The zero-order valence-corrected chi connectivity index (χ0v) is 19.2. The summed E-state index contributed by atoms with van der Waals surface area (Å²) in [5.41, 5.74) is 1.23. The van der Waals surface area contributed by atoms with Crippen molar-refractivity contribution >= 4 is 34.0 Å². The SMILES string of the molecule is COc1ccc(-c2csc(NC(=O)c3ccccc3OCC(=O)Nc3ccccc3F)n2)cc1F. The quantitative estimate of drug-likeness (QED) is 0.343. The van der Waals surface area contributed by atoms with E-state index in [9.17, 15) is 18.4 Å². The number of rotatable bonds is 8. The first-order chi connectivity index (χ1) is 16.9. The molecule has 0 radical (unpaired) electrons. The predicted molar refractivity (Wildman–Crippen MR) is 129 cm³/mol. The average Bonchev–Trinajstić information content (AvgIpc) is 3.32. The first-order valence-corrected chi connectivity index (χ1v) is 11.2. The van der Waals surface area contributed by atoms with Gasteiger partial charge in [0.25, 0.3) is 11.8 Å². The third-order valence-corrected chi connectivity index (χ3v) is 5.57. The fourth-order valence-corrected chi connectivity index (χ4v) is 3.84. The van der Waals surface area contributed by atoms with Gasteiger partial charge in [0.1, 0.15) is 11.6 Å². The number of aromatic nitrogens is 1. The molecule has 2 N–H and O–H groups in total. The number of thiazole rings is 1. The molecule has 4 rings (SSSR count). The molecule has 10 heteroatoms. The van der Waals surface area contributed by atoms with Gasteiger partial charge in [-0.3, -0.25) is 14.9 Å². The average molecular weight is 496 g/mol. The molecule has 0 spiro atoms. The fraction of sp³-hybridized carbons (Fsp3) is 0.0800. The zero-order chi connectivity index (χ0) is 24.8. The highest BCUT2D eigenvalue weighted by Crippen LogP contribution is 2.29. The van der Waals surface area contributed by atoms with Crippen molar-refractivity contribution in [3.05, 3.63) is 89.3 Å². The lowest BCUT2D eigenvalue weighted by molar-refractivity contribution is -0.118. The van der Waals surface area contributed by atoms with Gasteiger partial charge in [0.05, 0.1) is 24.1 Å². The van der Waals surface area contributed by atoms with Crippen LogP contribution in [0, 0.1) is 11.6 Å². The minimum Gasteiger partial charge on any atom is -0.494 e. The summed E-state index contributed by atoms with van der Waals surface area (Å²) < 4.78 is 38.2. The Hall–Kier alpha value is -4.31. The standard InChI is InChI=1S/C25H19F2N3O4S/c1-33-22-11-10-15(12-18(22)27)20-14-35-25(29-20)30-24(32)16-6-2-5-9-21(16)34-13-23(31)28-19-8-4-3-7-17(19)26/h2-12,14H,13H2,1H3,(H,28,31)(H,29,30,32). The van der Waals surface area contributed by atoms with Crippen molar-refractivity contribution in [2.75, 3.05) is 24.4 Å². The molecule has 0 atom stereocenters. The molecule has 0 fully saturated rings. The van der Waals surface area contributed by atoms with Crippen molar-refractivity contribution in [2.24, 2.45) is 0 Å². The molecule has 0 unspecified atom stereocenters. The van der Waals surface area contributed by atoms with Crippen LogP contribution in [0.1, 0.15) is 10.4 Å². The van der Waals surface area contributed by atoms with E-state index < -0.39 is 30.1 Å². The fourth-order valence-electron chi connectivity index (χ4n) is 3.13. The molecule has 1 heterocycles. The van der Waals surface area contributed by atoms with Crippen molar-refractivity contribution in [1.29, 1.82) is 0 Å². The Morgan fingerprint density at radius 2 is 1.71 bits per heavy atom. The molecule has 0 saturated carbocycles. The summed E-state index contributed by atoms with van der Waals surface area (Å²) in [4.78, 5) is 29.4. The number of amides is 2. The Balaban J connectivity index is 1.41. The number of anilines is 2. The first kappa shape index (κ1) is 23.8. The van der Waals surface area contributed by atoms with Crippen molar-refractivity contribution in [3.63, 3.8) is 0 Å². The molecule has 0 saturated heterocycles. The lowest BCUT2D eigenvalue weighted by Gasteiger charge is -2.11. The van der Waals surface area contributed by atoms with Crippen LogP contribution in [-0.4, -0.2) is 30.5 Å². The largest absolute Gasteiger partial charge is 0.494 e. The van der Waals surface area contributed by atoms with E-state index in [1.165, 1.54) is 54.8 Å². The van der Waals surface area contributed by atoms with Crippen LogP contribution in [0.25, 0.3) is 11.3 Å². The number of benzene rings is 3. The summed E-state index contributed by atoms with van der Waals surface area (Å²) in [6.07, 6.45) is 0. The molecule has 178 valence electrons. The molecule has 0 bridgehead atoms. The van der Waals surface area contributed by atoms with Crippen LogP contribution >= 0.6 is 11.3 Å². The maximum atomic E-state index is 14.0. The van der Waals surface area contributed by atoms with Gasteiger partial charge in [-0.05, 0) is 42.5 Å². The van der Waals surface area contributed by atoms with Crippen LogP contribution in [0.15, 0.2) is 72.1 Å². The Kier molecular flexibility index (Phi) is 7.32. The highest BCUT2D eigenvalue weighted by Gasteiger charge is 2.16. The van der Waals surface area contributed by atoms with Crippen LogP contribution in [0.2, 0.25) is 0 Å². The van der Waals surface area contributed by atoms with E-state index in [0.29, 0.717) is 16.4 Å². The van der Waals surface area contributed by atoms with Crippen molar-refractivity contribution in [1.82, 2.24) is 4.98 Å². The molecule has 0 aliphatic rings. The maximum absolute atomic E-state index is 14.0. The summed E-state index contributed by atoms with van der Waals surface area (Å²) in [5.74, 6) is -1.88. The Labute approximate surface area is 203 Å². The van der Waals surface area contributed by atoms with Crippen LogP contribution in [0.5, 0.6) is 11.5 Å². The highest BCUT2D eigenvalue weighted by atomic mass is 32.1. The van der Waals surface area contributed by atoms with Crippen LogP contribution < -0.4 is 20.1 Å². The zero-order valence-electron chi connectivity index (χ0n) is 18.4. The topological polar surface area (TPSA) is 89.5 Å². The maximum Gasteiger partial charge on any atom is 0.262 e. The van der Waals surface area contributed by atoms with Crippen LogP contribution in [-0.2, 0) is 4.79 Å². The monoisotopic (exact) mass is 495 g/mol. The second-order valence-electron chi connectivity index (χ2n) is 7.15. The summed E-state index contributed by atoms with van der Waals surface area (Å²) in [6.45, 7) is -0.428. The van der Waals surface area contributed by atoms with Gasteiger partial charge in [-0.25, -0.2) is 13.8 Å². The highest BCUT2D eigenvalue weighted by molar-refractivity contribution is 7.14. The van der Waals surface area contributed by atoms with Gasteiger partial charge in [-0.15, -0.1) is 11.3 Å². The van der Waals surface area contributed by atoms with E-state index in [1.807, 2.05) is 0 Å². The molecule has 2 amide bonds. The van der Waals surface area contributed by atoms with E-state index in [0.717, 1.165) is 0 Å². The van der Waals surface area contributed by atoms with Gasteiger partial charge in [0, 0.05) is 10.9 Å². The number of hydrogen-bond acceptors (Lipinski definition) is 6. The molecular formula is C25H19F2N3O4S. The predicted octanol–water partition coefficient (Wildman–Crippen LogP) is 5.37. The van der Waals surface area contributed by atoms with Crippen LogP contribution in [0.3, 0.4) is 0 Å². The van der Waals surface area contributed by atoms with Crippen molar-refractivity contribution in [3.8, 4) is 22.8 Å². The summed E-state index contributed by atoms with van der Waals surface area (Å²) in [6, 6.07) is 16.6. The van der Waals surface area contributed by atoms with Gasteiger partial charge in [0.2, 0.25) is 0 Å². The van der Waals surface area contributed by atoms with Gasteiger partial charge < -0.3 is 14.8 Å². The van der Waals surface area contributed by atoms with Gasteiger partial charge in [-0.1, -0.05) is 24.3 Å². The molecule has 3 aromatic carbocycles. The number of nitrogens with one attached hydrogen (secondary N) is 2. The second-order valence-corrected chi connectivity index (χ2v) is 8.01. The summed E-state index contributed by atoms with van der Waals surface area (Å²) in [5, 5.41) is 7.08. The Bertz CT molecular complexity index is 1380. The Morgan fingerprint density at radius 3 is 2.49 bits per heavy atom. The molecule has 0 aliphatic carbocycles. The number of hydrogen-bond donors (Lipinski definition) is 2. The molecule has 7 nitrogen and oxygen atoms in total. The number of carbonyl (C=O) groups is 2. The number of methoxy groups -OCH3 is 1. The smallest absolute Gasteiger partial charge is 0.262 e. The lowest BCUT2D eigenvalue weighted by atomic mass is 10.1. The van der Waals surface area contributed by atoms with Gasteiger partial charge in [-0.2, -0.15) is 0 Å². The number of para-hydroxylation sites is 2. The minimum absolute atomic E-state index is 0.0310. The van der Waals surface area contributed by atoms with E-state index in [2.05, 4.69) is 15.6 Å². The van der Waals surface area contributed by atoms with Crippen molar-refractivity contribution < 1.29 is 27.8 Å². The van der Waals surface area contributed by atoms with Gasteiger partial charge in [0.15, 0.2) is 23.3 Å².